The summed E-state index contributed by atoms with van der Waals surface area (Å²) in [7, 11) is 1.60. The molecular formula is C24H21N5O3S. The average Bonchev–Trinajstić information content (AvgIpc) is 3.52. The third kappa shape index (κ3) is 5.07. The van der Waals surface area contributed by atoms with Crippen molar-refractivity contribution in [3.63, 3.8) is 0 Å². The molecule has 0 saturated heterocycles. The summed E-state index contributed by atoms with van der Waals surface area (Å²) in [6, 6.07) is 22.4. The minimum absolute atomic E-state index is 0.0328. The number of para-hydroxylation sites is 2. The Morgan fingerprint density at radius 3 is 2.64 bits per heavy atom. The van der Waals surface area contributed by atoms with Crippen LogP contribution in [0, 0.1) is 11.3 Å². The number of amides is 1. The third-order valence-electron chi connectivity index (χ3n) is 4.88. The second-order valence-electron chi connectivity index (χ2n) is 6.93. The van der Waals surface area contributed by atoms with E-state index in [2.05, 4.69) is 16.3 Å². The Morgan fingerprint density at radius 2 is 1.91 bits per heavy atom. The van der Waals surface area contributed by atoms with Gasteiger partial charge in [-0.3, -0.25) is 14.3 Å². The minimum atomic E-state index is -0.195. The van der Waals surface area contributed by atoms with Crippen molar-refractivity contribution in [2.75, 3.05) is 24.3 Å². The highest BCUT2D eigenvalue weighted by Crippen LogP contribution is 2.31. The maximum absolute atomic E-state index is 13.0. The number of carbonyl (C=O) groups excluding carboxylic acids is 1. The van der Waals surface area contributed by atoms with Crippen molar-refractivity contribution in [3.05, 3.63) is 78.8 Å². The van der Waals surface area contributed by atoms with Crippen molar-refractivity contribution in [1.82, 2.24) is 14.8 Å². The van der Waals surface area contributed by atoms with Crippen molar-refractivity contribution < 1.29 is 13.9 Å². The molecule has 4 aromatic rings. The van der Waals surface area contributed by atoms with Gasteiger partial charge in [0.25, 0.3) is 0 Å². The van der Waals surface area contributed by atoms with Crippen LogP contribution in [0.1, 0.15) is 5.76 Å². The van der Waals surface area contributed by atoms with Gasteiger partial charge in [0.05, 0.1) is 37.3 Å². The Morgan fingerprint density at radius 1 is 1.12 bits per heavy atom. The fourth-order valence-corrected chi connectivity index (χ4v) is 4.15. The van der Waals surface area contributed by atoms with Crippen molar-refractivity contribution in [1.29, 1.82) is 5.26 Å². The molecule has 0 atom stereocenters. The van der Waals surface area contributed by atoms with Gasteiger partial charge in [-0.1, -0.05) is 42.1 Å². The van der Waals surface area contributed by atoms with Gasteiger partial charge in [-0.25, -0.2) is 0 Å². The molecule has 2 aromatic heterocycles. The summed E-state index contributed by atoms with van der Waals surface area (Å²) in [4.78, 5) is 14.4. The standard InChI is InChI=1S/C24H21N5O3S/c1-31-21-12-6-5-11-20(21)23-26-27-24(29(23)16-19-10-7-15-32-19)33-17-22(30)28(14-13-25)18-8-3-2-4-9-18/h2-12,15H,14,16-17H2,1H3. The quantitative estimate of drug-likeness (QED) is 0.273. The van der Waals surface area contributed by atoms with Gasteiger partial charge < -0.3 is 9.15 Å². The van der Waals surface area contributed by atoms with Crippen molar-refractivity contribution in [3.8, 4) is 23.2 Å². The van der Waals surface area contributed by atoms with Crippen LogP contribution in [-0.4, -0.2) is 40.1 Å². The minimum Gasteiger partial charge on any atom is -0.496 e. The number of thioether (sulfide) groups is 1. The van der Waals surface area contributed by atoms with E-state index in [1.807, 2.05) is 59.2 Å². The first-order valence-corrected chi connectivity index (χ1v) is 11.1. The molecule has 0 aliphatic heterocycles. The molecule has 0 saturated carbocycles. The van der Waals surface area contributed by atoms with Gasteiger partial charge in [-0.15, -0.1) is 10.2 Å². The maximum atomic E-state index is 13.0. The van der Waals surface area contributed by atoms with E-state index in [4.69, 9.17) is 9.15 Å². The van der Waals surface area contributed by atoms with E-state index in [1.54, 1.807) is 25.5 Å². The SMILES string of the molecule is COc1ccccc1-c1nnc(SCC(=O)N(CC#N)c2ccccc2)n1Cc1ccco1. The molecular weight excluding hydrogens is 438 g/mol. The molecule has 4 rings (SSSR count). The number of aromatic nitrogens is 3. The van der Waals surface area contributed by atoms with Gasteiger partial charge in [0.2, 0.25) is 5.91 Å². The fourth-order valence-electron chi connectivity index (χ4n) is 3.33. The van der Waals surface area contributed by atoms with Gasteiger partial charge >= 0.3 is 0 Å². The number of benzene rings is 2. The molecule has 0 unspecified atom stereocenters. The predicted octanol–water partition coefficient (Wildman–Crippen LogP) is 4.24. The topological polar surface area (TPSA) is 97.2 Å². The highest BCUT2D eigenvalue weighted by atomic mass is 32.2. The number of methoxy groups -OCH3 is 1. The number of ether oxygens (including phenoxy) is 1. The van der Waals surface area contributed by atoms with Crippen LogP contribution in [0.3, 0.4) is 0 Å². The summed E-state index contributed by atoms with van der Waals surface area (Å²) in [5.41, 5.74) is 1.46. The molecule has 0 spiro atoms. The summed E-state index contributed by atoms with van der Waals surface area (Å²) in [5, 5.41) is 18.5. The molecule has 0 fully saturated rings. The number of nitriles is 1. The average molecular weight is 460 g/mol. The van der Waals surface area contributed by atoms with E-state index in [9.17, 15) is 10.1 Å². The summed E-state index contributed by atoms with van der Waals surface area (Å²) in [6.45, 7) is 0.361. The summed E-state index contributed by atoms with van der Waals surface area (Å²) < 4.78 is 12.9. The molecule has 166 valence electrons. The monoisotopic (exact) mass is 459 g/mol. The largest absolute Gasteiger partial charge is 0.496 e. The number of rotatable bonds is 9. The number of anilines is 1. The fraction of sp³-hybridized carbons (Fsp3) is 0.167. The number of hydrogen-bond donors (Lipinski definition) is 0. The Balaban J connectivity index is 1.61. The highest BCUT2D eigenvalue weighted by Gasteiger charge is 2.21. The lowest BCUT2D eigenvalue weighted by Gasteiger charge is -2.19. The normalized spacial score (nSPS) is 10.5. The van der Waals surface area contributed by atoms with E-state index < -0.39 is 0 Å². The lowest BCUT2D eigenvalue weighted by Crippen LogP contribution is -2.32. The predicted molar refractivity (Wildman–Crippen MR) is 125 cm³/mol. The van der Waals surface area contributed by atoms with E-state index in [0.717, 1.165) is 11.3 Å². The Labute approximate surface area is 195 Å². The van der Waals surface area contributed by atoms with Gasteiger partial charge in [0, 0.05) is 5.69 Å². The maximum Gasteiger partial charge on any atom is 0.238 e. The summed E-state index contributed by atoms with van der Waals surface area (Å²) >= 11 is 1.26. The van der Waals surface area contributed by atoms with E-state index >= 15 is 0 Å². The number of hydrogen-bond acceptors (Lipinski definition) is 7. The summed E-state index contributed by atoms with van der Waals surface area (Å²) in [6.07, 6.45) is 1.61. The van der Waals surface area contributed by atoms with Crippen LogP contribution in [-0.2, 0) is 11.3 Å². The number of nitrogens with zero attached hydrogens (tertiary/aromatic N) is 5. The molecule has 0 N–H and O–H groups in total. The first kappa shape index (κ1) is 22.2. The van der Waals surface area contributed by atoms with Crippen LogP contribution in [0.5, 0.6) is 5.75 Å². The van der Waals surface area contributed by atoms with Gasteiger partial charge in [0.15, 0.2) is 11.0 Å². The Kier molecular flexibility index (Phi) is 7.07. The van der Waals surface area contributed by atoms with E-state index in [-0.39, 0.29) is 18.2 Å². The summed E-state index contributed by atoms with van der Waals surface area (Å²) in [5.74, 6) is 1.91. The Bertz CT molecular complexity index is 1250. The van der Waals surface area contributed by atoms with Crippen LogP contribution < -0.4 is 9.64 Å². The molecule has 0 bridgehead atoms. The zero-order valence-corrected chi connectivity index (χ0v) is 18.7. The van der Waals surface area contributed by atoms with Crippen LogP contribution in [0.4, 0.5) is 5.69 Å². The molecule has 0 aliphatic carbocycles. The molecule has 8 nitrogen and oxygen atoms in total. The zero-order valence-electron chi connectivity index (χ0n) is 17.9. The van der Waals surface area contributed by atoms with E-state index in [1.165, 1.54) is 16.7 Å². The van der Waals surface area contributed by atoms with Crippen molar-refractivity contribution in [2.45, 2.75) is 11.7 Å². The van der Waals surface area contributed by atoms with Crippen LogP contribution in [0.25, 0.3) is 11.4 Å². The molecule has 0 aliphatic rings. The molecule has 1 amide bonds. The van der Waals surface area contributed by atoms with Gasteiger partial charge in [0.1, 0.15) is 18.1 Å². The van der Waals surface area contributed by atoms with Crippen LogP contribution >= 0.6 is 11.8 Å². The zero-order chi connectivity index (χ0) is 23.0. The molecule has 2 aromatic carbocycles. The highest BCUT2D eigenvalue weighted by molar-refractivity contribution is 7.99. The first-order chi connectivity index (χ1) is 16.2. The van der Waals surface area contributed by atoms with Crippen LogP contribution in [0.15, 0.2) is 82.6 Å². The number of carbonyl (C=O) groups is 1. The number of furan rings is 1. The lowest BCUT2D eigenvalue weighted by molar-refractivity contribution is -0.116. The van der Waals surface area contributed by atoms with Crippen molar-refractivity contribution >= 4 is 23.4 Å². The van der Waals surface area contributed by atoms with Gasteiger partial charge in [-0.2, -0.15) is 5.26 Å². The van der Waals surface area contributed by atoms with Crippen LogP contribution in [0.2, 0.25) is 0 Å². The smallest absolute Gasteiger partial charge is 0.238 e. The van der Waals surface area contributed by atoms with E-state index in [0.29, 0.717) is 29.0 Å². The second kappa shape index (κ2) is 10.5. The van der Waals surface area contributed by atoms with Gasteiger partial charge in [-0.05, 0) is 36.4 Å². The molecule has 2 heterocycles. The van der Waals surface area contributed by atoms with Crippen molar-refractivity contribution in [2.24, 2.45) is 0 Å². The molecule has 9 heteroatoms. The molecule has 0 radical (unpaired) electrons. The lowest BCUT2D eigenvalue weighted by atomic mass is 10.2. The molecule has 33 heavy (non-hydrogen) atoms. The Hall–Kier alpha value is -4.03. The first-order valence-electron chi connectivity index (χ1n) is 10.2. The third-order valence-corrected chi connectivity index (χ3v) is 5.83. The second-order valence-corrected chi connectivity index (χ2v) is 7.88.